The lowest BCUT2D eigenvalue weighted by atomic mass is 10.1. The van der Waals surface area contributed by atoms with Crippen molar-refractivity contribution in [3.8, 4) is 11.4 Å². The van der Waals surface area contributed by atoms with Gasteiger partial charge in [-0.25, -0.2) is 14.4 Å². The van der Waals surface area contributed by atoms with Crippen LogP contribution in [0.25, 0.3) is 11.4 Å². The van der Waals surface area contributed by atoms with Gasteiger partial charge in [0, 0.05) is 23.2 Å². The zero-order chi connectivity index (χ0) is 12.5. The van der Waals surface area contributed by atoms with Gasteiger partial charge in [0.2, 0.25) is 0 Å². The standard InChI is InChI=1S/C14H13FN2O/c15-12-5-3-10(4-6-12)14-16-7-11(8-18)13(17-14)9-1-2-9/h3-7,9,18H,1-2,8H2. The smallest absolute Gasteiger partial charge is 0.159 e. The van der Waals surface area contributed by atoms with E-state index >= 15 is 0 Å². The first-order chi connectivity index (χ1) is 8.78. The van der Waals surface area contributed by atoms with E-state index in [1.165, 1.54) is 12.1 Å². The van der Waals surface area contributed by atoms with Crippen molar-refractivity contribution in [2.45, 2.75) is 25.4 Å². The summed E-state index contributed by atoms with van der Waals surface area (Å²) in [5, 5.41) is 9.26. The van der Waals surface area contributed by atoms with Crippen LogP contribution in [-0.4, -0.2) is 15.1 Å². The molecular formula is C14H13FN2O. The van der Waals surface area contributed by atoms with Crippen molar-refractivity contribution in [3.63, 3.8) is 0 Å². The maximum Gasteiger partial charge on any atom is 0.159 e. The number of aromatic nitrogens is 2. The summed E-state index contributed by atoms with van der Waals surface area (Å²) in [7, 11) is 0. The van der Waals surface area contributed by atoms with Crippen LogP contribution in [0.4, 0.5) is 4.39 Å². The second-order valence-electron chi connectivity index (χ2n) is 4.54. The van der Waals surface area contributed by atoms with E-state index in [0.29, 0.717) is 11.7 Å². The quantitative estimate of drug-likeness (QED) is 0.902. The fraction of sp³-hybridized carbons (Fsp3) is 0.286. The van der Waals surface area contributed by atoms with Gasteiger partial charge >= 0.3 is 0 Å². The van der Waals surface area contributed by atoms with Crippen molar-refractivity contribution in [3.05, 3.63) is 47.5 Å². The summed E-state index contributed by atoms with van der Waals surface area (Å²) in [6, 6.07) is 6.13. The molecule has 3 nitrogen and oxygen atoms in total. The molecule has 0 bridgehead atoms. The van der Waals surface area contributed by atoms with Crippen LogP contribution in [0.2, 0.25) is 0 Å². The normalized spacial score (nSPS) is 14.8. The van der Waals surface area contributed by atoms with E-state index in [2.05, 4.69) is 9.97 Å². The second kappa shape index (κ2) is 4.46. The van der Waals surface area contributed by atoms with Crippen molar-refractivity contribution < 1.29 is 9.50 Å². The fourth-order valence-corrected chi connectivity index (χ4v) is 1.99. The van der Waals surface area contributed by atoms with Crippen LogP contribution in [0.15, 0.2) is 30.5 Å². The fourth-order valence-electron chi connectivity index (χ4n) is 1.99. The van der Waals surface area contributed by atoms with Gasteiger partial charge in [0.1, 0.15) is 5.82 Å². The highest BCUT2D eigenvalue weighted by atomic mass is 19.1. The summed E-state index contributed by atoms with van der Waals surface area (Å²) in [6.07, 6.45) is 3.90. The first-order valence-corrected chi connectivity index (χ1v) is 6.00. The molecule has 1 aliphatic carbocycles. The molecule has 0 atom stereocenters. The van der Waals surface area contributed by atoms with E-state index in [-0.39, 0.29) is 12.4 Å². The van der Waals surface area contributed by atoms with E-state index in [0.717, 1.165) is 29.7 Å². The number of nitrogens with zero attached hydrogens (tertiary/aromatic N) is 2. The number of rotatable bonds is 3. The summed E-state index contributed by atoms with van der Waals surface area (Å²) in [4.78, 5) is 8.74. The van der Waals surface area contributed by atoms with Crippen molar-refractivity contribution in [2.24, 2.45) is 0 Å². The number of benzene rings is 1. The summed E-state index contributed by atoms with van der Waals surface area (Å²) in [6.45, 7) is -0.0322. The number of halogens is 1. The Balaban J connectivity index is 2.02. The molecule has 1 saturated carbocycles. The first-order valence-electron chi connectivity index (χ1n) is 6.00. The minimum Gasteiger partial charge on any atom is -0.392 e. The third-order valence-corrected chi connectivity index (χ3v) is 3.13. The average molecular weight is 244 g/mol. The molecule has 1 aromatic carbocycles. The van der Waals surface area contributed by atoms with E-state index in [9.17, 15) is 9.50 Å². The summed E-state index contributed by atoms with van der Waals surface area (Å²) >= 11 is 0. The number of aliphatic hydroxyl groups excluding tert-OH is 1. The van der Waals surface area contributed by atoms with Crippen LogP contribution < -0.4 is 0 Å². The molecular weight excluding hydrogens is 231 g/mol. The van der Waals surface area contributed by atoms with Gasteiger partial charge in [-0.1, -0.05) is 0 Å². The lowest BCUT2D eigenvalue weighted by molar-refractivity contribution is 0.279. The largest absolute Gasteiger partial charge is 0.392 e. The highest BCUT2D eigenvalue weighted by Crippen LogP contribution is 2.40. The maximum absolute atomic E-state index is 12.9. The Bertz CT molecular complexity index is 565. The van der Waals surface area contributed by atoms with Crippen molar-refractivity contribution >= 4 is 0 Å². The van der Waals surface area contributed by atoms with Gasteiger partial charge in [-0.2, -0.15) is 0 Å². The number of hydrogen-bond acceptors (Lipinski definition) is 3. The third-order valence-electron chi connectivity index (χ3n) is 3.13. The molecule has 18 heavy (non-hydrogen) atoms. The molecule has 2 aromatic rings. The monoisotopic (exact) mass is 244 g/mol. The van der Waals surface area contributed by atoms with Crippen LogP contribution in [0, 0.1) is 5.82 Å². The molecule has 1 aliphatic rings. The Hall–Kier alpha value is -1.81. The zero-order valence-corrected chi connectivity index (χ0v) is 9.81. The minimum atomic E-state index is -0.270. The van der Waals surface area contributed by atoms with Gasteiger partial charge in [0.25, 0.3) is 0 Å². The first kappa shape index (κ1) is 11.3. The minimum absolute atomic E-state index is 0.0322. The molecule has 0 unspecified atom stereocenters. The van der Waals surface area contributed by atoms with Crippen LogP contribution in [0.3, 0.4) is 0 Å². The molecule has 3 rings (SSSR count). The Kier molecular flexibility index (Phi) is 2.80. The van der Waals surface area contributed by atoms with Crippen LogP contribution >= 0.6 is 0 Å². The molecule has 1 heterocycles. The summed E-state index contributed by atoms with van der Waals surface area (Å²) in [5.74, 6) is 0.775. The van der Waals surface area contributed by atoms with E-state index < -0.39 is 0 Å². The Labute approximate surface area is 104 Å². The Morgan fingerprint density at radius 3 is 2.56 bits per heavy atom. The molecule has 1 N–H and O–H groups in total. The van der Waals surface area contributed by atoms with Crippen LogP contribution in [0.1, 0.15) is 30.0 Å². The van der Waals surface area contributed by atoms with Gasteiger partial charge in [-0.3, -0.25) is 0 Å². The highest BCUT2D eigenvalue weighted by molar-refractivity contribution is 5.55. The molecule has 0 aliphatic heterocycles. The van der Waals surface area contributed by atoms with Gasteiger partial charge in [0.15, 0.2) is 5.82 Å². The topological polar surface area (TPSA) is 46.0 Å². The van der Waals surface area contributed by atoms with Crippen molar-refractivity contribution in [1.29, 1.82) is 0 Å². The second-order valence-corrected chi connectivity index (χ2v) is 4.54. The molecule has 0 spiro atoms. The Morgan fingerprint density at radius 1 is 1.22 bits per heavy atom. The number of hydrogen-bond donors (Lipinski definition) is 1. The SMILES string of the molecule is OCc1cnc(-c2ccc(F)cc2)nc1C1CC1. The third kappa shape index (κ3) is 2.11. The molecule has 0 amide bonds. The molecule has 4 heteroatoms. The molecule has 0 radical (unpaired) electrons. The molecule has 1 aromatic heterocycles. The summed E-state index contributed by atoms with van der Waals surface area (Å²) in [5.41, 5.74) is 2.53. The lowest BCUT2D eigenvalue weighted by Crippen LogP contribution is -2.00. The zero-order valence-electron chi connectivity index (χ0n) is 9.81. The molecule has 1 fully saturated rings. The predicted molar refractivity (Wildman–Crippen MR) is 65.3 cm³/mol. The number of aliphatic hydroxyl groups is 1. The molecule has 92 valence electrons. The van der Waals surface area contributed by atoms with Crippen molar-refractivity contribution in [1.82, 2.24) is 9.97 Å². The van der Waals surface area contributed by atoms with Gasteiger partial charge in [0.05, 0.1) is 12.3 Å². The van der Waals surface area contributed by atoms with Crippen molar-refractivity contribution in [2.75, 3.05) is 0 Å². The van der Waals surface area contributed by atoms with Gasteiger partial charge in [-0.15, -0.1) is 0 Å². The van der Waals surface area contributed by atoms with E-state index in [4.69, 9.17) is 0 Å². The predicted octanol–water partition coefficient (Wildman–Crippen LogP) is 2.65. The van der Waals surface area contributed by atoms with E-state index in [1.807, 2.05) is 0 Å². The summed E-state index contributed by atoms with van der Waals surface area (Å²) < 4.78 is 12.9. The molecule has 0 saturated heterocycles. The van der Waals surface area contributed by atoms with Gasteiger partial charge < -0.3 is 5.11 Å². The Morgan fingerprint density at radius 2 is 1.94 bits per heavy atom. The lowest BCUT2D eigenvalue weighted by Gasteiger charge is -2.07. The maximum atomic E-state index is 12.9. The van der Waals surface area contributed by atoms with Gasteiger partial charge in [-0.05, 0) is 37.1 Å². The van der Waals surface area contributed by atoms with E-state index in [1.54, 1.807) is 18.3 Å². The highest BCUT2D eigenvalue weighted by Gasteiger charge is 2.28. The average Bonchev–Trinajstić information content (AvgIpc) is 3.23. The van der Waals surface area contributed by atoms with Crippen LogP contribution in [-0.2, 0) is 6.61 Å². The van der Waals surface area contributed by atoms with Crippen LogP contribution in [0.5, 0.6) is 0 Å².